The van der Waals surface area contributed by atoms with Crippen molar-refractivity contribution in [1.29, 1.82) is 0 Å². The molecule has 1 aliphatic heterocycles. The van der Waals surface area contributed by atoms with Gasteiger partial charge in [-0.1, -0.05) is 0 Å². The van der Waals surface area contributed by atoms with Crippen molar-refractivity contribution in [2.24, 2.45) is 0 Å². The summed E-state index contributed by atoms with van der Waals surface area (Å²) >= 11 is 0. The highest BCUT2D eigenvalue weighted by Crippen LogP contribution is 2.11. The highest BCUT2D eigenvalue weighted by atomic mass is 32.2. The minimum atomic E-state index is -3.41. The van der Waals surface area contributed by atoms with Crippen LogP contribution in [0.5, 0.6) is 0 Å². The average Bonchev–Trinajstić information content (AvgIpc) is 2.88. The van der Waals surface area contributed by atoms with E-state index in [0.717, 1.165) is 6.26 Å². The Labute approximate surface area is 111 Å². The number of amides is 1. The largest absolute Gasteiger partial charge is 0.390 e. The Morgan fingerprint density at radius 1 is 1.53 bits per heavy atom. The summed E-state index contributed by atoms with van der Waals surface area (Å²) in [5, 5.41) is 13.7. The Morgan fingerprint density at radius 2 is 2.26 bits per heavy atom. The molecule has 0 bridgehead atoms. The summed E-state index contributed by atoms with van der Waals surface area (Å²) in [6.45, 7) is 0.354. The second-order valence-electron chi connectivity index (χ2n) is 4.57. The maximum absolute atomic E-state index is 11.9. The standard InChI is InChI=1S/C10H16N4O4S/c1-19(17,18)12-8-5-13(6-9(8)15)10(16)7-14-4-2-3-11-14/h2-4,8-9,12,15H,5-7H2,1H3/t8-,9-/m1/s1. The van der Waals surface area contributed by atoms with Crippen LogP contribution in [0.4, 0.5) is 0 Å². The van der Waals surface area contributed by atoms with Crippen molar-refractivity contribution in [2.75, 3.05) is 19.3 Å². The molecule has 1 aromatic heterocycles. The molecule has 1 aliphatic rings. The summed E-state index contributed by atoms with van der Waals surface area (Å²) in [6.07, 6.45) is 3.36. The number of hydrogen-bond donors (Lipinski definition) is 2. The number of aliphatic hydroxyl groups is 1. The minimum absolute atomic E-state index is 0.0747. The van der Waals surface area contributed by atoms with Crippen molar-refractivity contribution in [2.45, 2.75) is 18.7 Å². The fourth-order valence-electron chi connectivity index (χ4n) is 2.01. The van der Waals surface area contributed by atoms with Crippen LogP contribution in [0.1, 0.15) is 0 Å². The maximum Gasteiger partial charge on any atom is 0.244 e. The van der Waals surface area contributed by atoms with E-state index in [0.29, 0.717) is 0 Å². The number of aliphatic hydroxyl groups excluding tert-OH is 1. The zero-order chi connectivity index (χ0) is 14.0. The van der Waals surface area contributed by atoms with E-state index < -0.39 is 22.2 Å². The zero-order valence-corrected chi connectivity index (χ0v) is 11.2. The van der Waals surface area contributed by atoms with Crippen LogP contribution in [-0.4, -0.2) is 65.6 Å². The number of nitrogens with one attached hydrogen (secondary N) is 1. The van der Waals surface area contributed by atoms with E-state index in [-0.39, 0.29) is 25.5 Å². The van der Waals surface area contributed by atoms with Crippen molar-refractivity contribution in [3.63, 3.8) is 0 Å². The molecule has 2 N–H and O–H groups in total. The van der Waals surface area contributed by atoms with E-state index in [2.05, 4.69) is 9.82 Å². The molecule has 1 fully saturated rings. The lowest BCUT2D eigenvalue weighted by Gasteiger charge is -2.16. The van der Waals surface area contributed by atoms with Gasteiger partial charge in [-0.05, 0) is 6.07 Å². The first-order chi connectivity index (χ1) is 8.85. The second kappa shape index (κ2) is 5.27. The van der Waals surface area contributed by atoms with Gasteiger partial charge in [-0.3, -0.25) is 9.48 Å². The maximum atomic E-state index is 11.9. The summed E-state index contributed by atoms with van der Waals surface area (Å²) in [6, 6.07) is 1.05. The van der Waals surface area contributed by atoms with Crippen LogP contribution in [0.15, 0.2) is 18.5 Å². The van der Waals surface area contributed by atoms with Gasteiger partial charge < -0.3 is 10.0 Å². The van der Waals surface area contributed by atoms with E-state index >= 15 is 0 Å². The number of sulfonamides is 1. The van der Waals surface area contributed by atoms with Gasteiger partial charge in [-0.15, -0.1) is 0 Å². The van der Waals surface area contributed by atoms with Crippen molar-refractivity contribution in [1.82, 2.24) is 19.4 Å². The molecule has 0 aromatic carbocycles. The predicted octanol–water partition coefficient (Wildman–Crippen LogP) is -2.00. The van der Waals surface area contributed by atoms with Crippen molar-refractivity contribution in [3.05, 3.63) is 18.5 Å². The van der Waals surface area contributed by atoms with Gasteiger partial charge in [0.1, 0.15) is 6.54 Å². The van der Waals surface area contributed by atoms with E-state index in [9.17, 15) is 18.3 Å². The third-order valence-electron chi connectivity index (χ3n) is 2.86. The average molecular weight is 288 g/mol. The molecule has 19 heavy (non-hydrogen) atoms. The number of nitrogens with zero attached hydrogens (tertiary/aromatic N) is 3. The van der Waals surface area contributed by atoms with Crippen LogP contribution >= 0.6 is 0 Å². The van der Waals surface area contributed by atoms with Crippen LogP contribution < -0.4 is 4.72 Å². The second-order valence-corrected chi connectivity index (χ2v) is 6.35. The number of carbonyl (C=O) groups is 1. The molecule has 2 heterocycles. The topological polar surface area (TPSA) is 105 Å². The molecule has 2 rings (SSSR count). The normalized spacial score (nSPS) is 23.8. The highest BCUT2D eigenvalue weighted by molar-refractivity contribution is 7.88. The summed E-state index contributed by atoms with van der Waals surface area (Å²) < 4.78 is 26.0. The third kappa shape index (κ3) is 3.75. The summed E-state index contributed by atoms with van der Waals surface area (Å²) in [5.74, 6) is -0.208. The molecule has 0 spiro atoms. The molecule has 2 atom stereocenters. The Bertz CT molecular complexity index is 542. The minimum Gasteiger partial charge on any atom is -0.390 e. The van der Waals surface area contributed by atoms with E-state index in [1.165, 1.54) is 9.58 Å². The molecule has 106 valence electrons. The smallest absolute Gasteiger partial charge is 0.244 e. The van der Waals surface area contributed by atoms with E-state index in [1.54, 1.807) is 18.5 Å². The fourth-order valence-corrected chi connectivity index (χ4v) is 2.80. The summed E-state index contributed by atoms with van der Waals surface area (Å²) in [5.41, 5.74) is 0. The monoisotopic (exact) mass is 288 g/mol. The molecule has 0 radical (unpaired) electrons. The Hall–Kier alpha value is -1.45. The van der Waals surface area contributed by atoms with Gasteiger partial charge in [-0.25, -0.2) is 13.1 Å². The van der Waals surface area contributed by atoms with Crippen LogP contribution in [-0.2, 0) is 21.4 Å². The SMILES string of the molecule is CS(=O)(=O)N[C@@H]1CN(C(=O)Cn2cccn2)C[C@H]1O. The van der Waals surface area contributed by atoms with Gasteiger partial charge in [-0.2, -0.15) is 5.10 Å². The first-order valence-electron chi connectivity index (χ1n) is 5.76. The van der Waals surface area contributed by atoms with Gasteiger partial charge in [0, 0.05) is 25.5 Å². The van der Waals surface area contributed by atoms with Gasteiger partial charge in [0.05, 0.1) is 18.4 Å². The Morgan fingerprint density at radius 3 is 2.84 bits per heavy atom. The van der Waals surface area contributed by atoms with Gasteiger partial charge >= 0.3 is 0 Å². The number of β-amino-alcohol motifs (C(OH)–C–C–N with tert-alkyl or cyclic N) is 1. The Balaban J connectivity index is 1.95. The molecule has 0 unspecified atom stereocenters. The van der Waals surface area contributed by atoms with Crippen LogP contribution in [0.25, 0.3) is 0 Å². The van der Waals surface area contributed by atoms with E-state index in [1.807, 2.05) is 0 Å². The third-order valence-corrected chi connectivity index (χ3v) is 3.59. The first kappa shape index (κ1) is 14.0. The lowest BCUT2D eigenvalue weighted by molar-refractivity contribution is -0.131. The number of likely N-dealkylation sites (tertiary alicyclic amines) is 1. The van der Waals surface area contributed by atoms with Crippen molar-refractivity contribution >= 4 is 15.9 Å². The molecule has 0 aliphatic carbocycles. The van der Waals surface area contributed by atoms with Crippen LogP contribution in [0.2, 0.25) is 0 Å². The molecule has 1 amide bonds. The van der Waals surface area contributed by atoms with Gasteiger partial charge in [0.15, 0.2) is 0 Å². The van der Waals surface area contributed by atoms with Crippen molar-refractivity contribution in [3.8, 4) is 0 Å². The summed E-state index contributed by atoms with van der Waals surface area (Å²) in [4.78, 5) is 13.4. The molecule has 1 aromatic rings. The number of hydrogen-bond acceptors (Lipinski definition) is 5. The Kier molecular flexibility index (Phi) is 3.88. The first-order valence-corrected chi connectivity index (χ1v) is 7.65. The number of carbonyl (C=O) groups excluding carboxylic acids is 1. The zero-order valence-electron chi connectivity index (χ0n) is 10.4. The molecule has 0 saturated carbocycles. The van der Waals surface area contributed by atoms with Crippen LogP contribution in [0.3, 0.4) is 0 Å². The molecule has 1 saturated heterocycles. The van der Waals surface area contributed by atoms with Gasteiger partial charge in [0.2, 0.25) is 15.9 Å². The fraction of sp³-hybridized carbons (Fsp3) is 0.600. The highest BCUT2D eigenvalue weighted by Gasteiger charge is 2.35. The predicted molar refractivity (Wildman–Crippen MR) is 66.6 cm³/mol. The van der Waals surface area contributed by atoms with Gasteiger partial charge in [0.25, 0.3) is 0 Å². The van der Waals surface area contributed by atoms with Crippen molar-refractivity contribution < 1.29 is 18.3 Å². The number of rotatable bonds is 4. The molecule has 8 nitrogen and oxygen atoms in total. The lowest BCUT2D eigenvalue weighted by Crippen LogP contribution is -2.42. The number of aromatic nitrogens is 2. The lowest BCUT2D eigenvalue weighted by atomic mass is 10.2. The van der Waals surface area contributed by atoms with Crippen LogP contribution in [0, 0.1) is 0 Å². The molecular formula is C10H16N4O4S. The van der Waals surface area contributed by atoms with E-state index in [4.69, 9.17) is 0 Å². The molecular weight excluding hydrogens is 272 g/mol. The molecule has 9 heteroatoms. The quantitative estimate of drug-likeness (QED) is 0.667. The summed E-state index contributed by atoms with van der Waals surface area (Å²) in [7, 11) is -3.41.